The quantitative estimate of drug-likeness (QED) is 0.923. The number of ether oxygens (including phenoxy) is 1. The molecule has 0 saturated carbocycles. The van der Waals surface area contributed by atoms with Crippen molar-refractivity contribution >= 4 is 17.6 Å². The molecule has 1 saturated heterocycles. The monoisotopic (exact) mass is 283 g/mol. The van der Waals surface area contributed by atoms with E-state index in [1.165, 1.54) is 0 Å². The van der Waals surface area contributed by atoms with Crippen molar-refractivity contribution < 1.29 is 14.6 Å². The fourth-order valence-electron chi connectivity index (χ4n) is 2.55. The zero-order valence-electron chi connectivity index (χ0n) is 10.9. The van der Waals surface area contributed by atoms with Crippen molar-refractivity contribution in [2.24, 2.45) is 0 Å². The van der Waals surface area contributed by atoms with Crippen LogP contribution in [-0.4, -0.2) is 41.8 Å². The highest BCUT2D eigenvalue weighted by Crippen LogP contribution is 2.30. The summed E-state index contributed by atoms with van der Waals surface area (Å²) in [5.74, 6) is -0.799. The lowest BCUT2D eigenvalue weighted by atomic mass is 10.0. The lowest BCUT2D eigenvalue weighted by Gasteiger charge is -2.39. The van der Waals surface area contributed by atoms with Crippen molar-refractivity contribution in [1.29, 1.82) is 0 Å². The summed E-state index contributed by atoms with van der Waals surface area (Å²) in [4.78, 5) is 13.1. The highest BCUT2D eigenvalue weighted by Gasteiger charge is 2.30. The van der Waals surface area contributed by atoms with Crippen LogP contribution in [0.15, 0.2) is 24.3 Å². The summed E-state index contributed by atoms with van der Waals surface area (Å²) in [6.45, 7) is 3.87. The minimum Gasteiger partial charge on any atom is -0.481 e. The molecule has 4 nitrogen and oxygen atoms in total. The summed E-state index contributed by atoms with van der Waals surface area (Å²) in [5.41, 5.74) is 1.03. The van der Waals surface area contributed by atoms with E-state index in [2.05, 4.69) is 11.8 Å². The van der Waals surface area contributed by atoms with Gasteiger partial charge in [-0.1, -0.05) is 29.8 Å². The number of benzene rings is 1. The molecule has 0 bridgehead atoms. The number of carbonyl (C=O) groups is 1. The molecule has 0 spiro atoms. The molecule has 1 N–H and O–H groups in total. The Labute approximate surface area is 117 Å². The van der Waals surface area contributed by atoms with Gasteiger partial charge < -0.3 is 9.84 Å². The Hall–Kier alpha value is -1.10. The van der Waals surface area contributed by atoms with E-state index in [1.807, 2.05) is 24.3 Å². The molecule has 1 heterocycles. The van der Waals surface area contributed by atoms with E-state index in [1.54, 1.807) is 0 Å². The fourth-order valence-corrected chi connectivity index (χ4v) is 2.84. The molecule has 2 rings (SSSR count). The summed E-state index contributed by atoms with van der Waals surface area (Å²) in [5, 5.41) is 9.70. The zero-order chi connectivity index (χ0) is 13.8. The minimum absolute atomic E-state index is 0.0851. The number of carboxylic acids is 1. The first-order chi connectivity index (χ1) is 9.09. The average Bonchev–Trinajstić information content (AvgIpc) is 2.38. The Morgan fingerprint density at radius 1 is 1.58 bits per heavy atom. The van der Waals surface area contributed by atoms with Gasteiger partial charge in [-0.15, -0.1) is 0 Å². The van der Waals surface area contributed by atoms with Crippen molar-refractivity contribution in [3.63, 3.8) is 0 Å². The lowest BCUT2D eigenvalue weighted by Crippen LogP contribution is -2.47. The Bertz CT molecular complexity index is 452. The molecule has 1 aromatic carbocycles. The number of halogens is 1. The molecule has 19 heavy (non-hydrogen) atoms. The first-order valence-corrected chi connectivity index (χ1v) is 6.77. The predicted octanol–water partition coefficient (Wildman–Crippen LogP) is 2.58. The summed E-state index contributed by atoms with van der Waals surface area (Å²) < 4.78 is 5.39. The topological polar surface area (TPSA) is 49.8 Å². The number of aliphatic carboxylic acids is 1. The van der Waals surface area contributed by atoms with Crippen molar-refractivity contribution in [2.75, 3.05) is 19.8 Å². The van der Waals surface area contributed by atoms with Crippen molar-refractivity contribution in [1.82, 2.24) is 4.90 Å². The molecule has 1 fully saturated rings. The van der Waals surface area contributed by atoms with E-state index in [0.717, 1.165) is 17.1 Å². The second-order valence-corrected chi connectivity index (χ2v) is 5.17. The van der Waals surface area contributed by atoms with Crippen LogP contribution in [0.5, 0.6) is 0 Å². The van der Waals surface area contributed by atoms with Crippen molar-refractivity contribution in [3.05, 3.63) is 34.9 Å². The number of morpholine rings is 1. The highest BCUT2D eigenvalue weighted by molar-refractivity contribution is 6.31. The van der Waals surface area contributed by atoms with Crippen LogP contribution in [0.25, 0.3) is 0 Å². The molecule has 1 aromatic rings. The third-order valence-corrected chi connectivity index (χ3v) is 3.88. The maximum Gasteiger partial charge on any atom is 0.305 e. The molecule has 2 atom stereocenters. The van der Waals surface area contributed by atoms with Crippen LogP contribution < -0.4 is 0 Å². The third kappa shape index (κ3) is 3.47. The van der Waals surface area contributed by atoms with Crippen LogP contribution in [0.4, 0.5) is 0 Å². The molecule has 1 aliphatic heterocycles. The lowest BCUT2D eigenvalue weighted by molar-refractivity contribution is -0.140. The number of hydrogen-bond donors (Lipinski definition) is 1. The van der Waals surface area contributed by atoms with Gasteiger partial charge >= 0.3 is 5.97 Å². The second-order valence-electron chi connectivity index (χ2n) is 4.76. The normalized spacial score (nSPS) is 22.1. The molecule has 5 heteroatoms. The van der Waals surface area contributed by atoms with Crippen LogP contribution in [0.1, 0.15) is 24.9 Å². The summed E-state index contributed by atoms with van der Waals surface area (Å²) >= 11 is 6.22. The zero-order valence-corrected chi connectivity index (χ0v) is 11.6. The molecule has 0 aliphatic carbocycles. The standard InChI is InChI=1S/C14H18ClNO3/c1-10(12-4-2-3-5-13(12)15)16-6-7-19-9-11(16)8-14(17)18/h2-5,10-11H,6-9H2,1H3,(H,17,18). The van der Waals surface area contributed by atoms with E-state index in [-0.39, 0.29) is 18.5 Å². The van der Waals surface area contributed by atoms with Gasteiger partial charge in [-0.25, -0.2) is 0 Å². The van der Waals surface area contributed by atoms with Gasteiger partial charge in [0.1, 0.15) is 0 Å². The Kier molecular flexibility index (Phi) is 4.80. The molecule has 104 valence electrons. The molecule has 2 unspecified atom stereocenters. The molecule has 1 aliphatic rings. The second kappa shape index (κ2) is 6.37. The van der Waals surface area contributed by atoms with Gasteiger partial charge in [0.25, 0.3) is 0 Å². The smallest absolute Gasteiger partial charge is 0.305 e. The summed E-state index contributed by atoms with van der Waals surface area (Å²) in [7, 11) is 0. The van der Waals surface area contributed by atoms with Crippen molar-refractivity contribution in [2.45, 2.75) is 25.4 Å². The Morgan fingerprint density at radius 2 is 2.32 bits per heavy atom. The van der Waals surface area contributed by atoms with Crippen LogP contribution >= 0.6 is 11.6 Å². The van der Waals surface area contributed by atoms with Crippen LogP contribution in [0.2, 0.25) is 5.02 Å². The van der Waals surface area contributed by atoms with Gasteiger partial charge in [0.15, 0.2) is 0 Å². The van der Waals surface area contributed by atoms with Gasteiger partial charge in [-0.3, -0.25) is 9.69 Å². The molecular weight excluding hydrogens is 266 g/mol. The average molecular weight is 284 g/mol. The van der Waals surface area contributed by atoms with Gasteiger partial charge in [0.05, 0.1) is 19.6 Å². The van der Waals surface area contributed by atoms with E-state index < -0.39 is 5.97 Å². The Balaban J connectivity index is 2.17. The molecule has 0 radical (unpaired) electrons. The number of hydrogen-bond acceptors (Lipinski definition) is 3. The first kappa shape index (κ1) is 14.3. The van der Waals surface area contributed by atoms with E-state index >= 15 is 0 Å². The highest BCUT2D eigenvalue weighted by atomic mass is 35.5. The third-order valence-electron chi connectivity index (χ3n) is 3.54. The fraction of sp³-hybridized carbons (Fsp3) is 0.500. The number of rotatable bonds is 4. The minimum atomic E-state index is -0.799. The molecule has 0 aromatic heterocycles. The maximum absolute atomic E-state index is 10.9. The largest absolute Gasteiger partial charge is 0.481 e. The SMILES string of the molecule is CC(c1ccccc1Cl)N1CCOCC1CC(=O)O. The van der Waals surface area contributed by atoms with E-state index in [0.29, 0.717) is 13.2 Å². The molecule has 0 amide bonds. The van der Waals surface area contributed by atoms with Gasteiger partial charge in [0.2, 0.25) is 0 Å². The first-order valence-electron chi connectivity index (χ1n) is 6.39. The summed E-state index contributed by atoms with van der Waals surface area (Å²) in [6, 6.07) is 7.68. The number of carboxylic acid groups (broad SMARTS) is 1. The van der Waals surface area contributed by atoms with E-state index in [9.17, 15) is 4.79 Å². The number of nitrogens with zero attached hydrogens (tertiary/aromatic N) is 1. The van der Waals surface area contributed by atoms with Crippen LogP contribution in [0.3, 0.4) is 0 Å². The van der Waals surface area contributed by atoms with Crippen LogP contribution in [0, 0.1) is 0 Å². The van der Waals surface area contributed by atoms with Crippen molar-refractivity contribution in [3.8, 4) is 0 Å². The Morgan fingerprint density at radius 3 is 3.00 bits per heavy atom. The van der Waals surface area contributed by atoms with Gasteiger partial charge in [0, 0.05) is 23.7 Å². The summed E-state index contributed by atoms with van der Waals surface area (Å²) in [6.07, 6.45) is 0.0921. The molecular formula is C14H18ClNO3. The predicted molar refractivity (Wildman–Crippen MR) is 73.4 cm³/mol. The van der Waals surface area contributed by atoms with E-state index in [4.69, 9.17) is 21.4 Å². The van der Waals surface area contributed by atoms with Crippen LogP contribution in [-0.2, 0) is 9.53 Å². The maximum atomic E-state index is 10.9. The van der Waals surface area contributed by atoms with Gasteiger partial charge in [-0.05, 0) is 18.6 Å². The van der Waals surface area contributed by atoms with Gasteiger partial charge in [-0.2, -0.15) is 0 Å².